The van der Waals surface area contributed by atoms with E-state index in [1.54, 1.807) is 32.0 Å². The average molecular weight is 480 g/mol. The second-order valence-electron chi connectivity index (χ2n) is 7.45. The van der Waals surface area contributed by atoms with E-state index < -0.39 is 29.8 Å². The van der Waals surface area contributed by atoms with Gasteiger partial charge in [-0.15, -0.1) is 0 Å². The molecule has 2 N–H and O–H groups in total. The van der Waals surface area contributed by atoms with Gasteiger partial charge in [0, 0.05) is 40.6 Å². The third-order valence-electron chi connectivity index (χ3n) is 5.08. The lowest BCUT2D eigenvalue weighted by Crippen LogP contribution is -2.33. The fourth-order valence-electron chi connectivity index (χ4n) is 3.34. The second kappa shape index (κ2) is 9.76. The van der Waals surface area contributed by atoms with Gasteiger partial charge in [-0.2, -0.15) is 13.2 Å². The van der Waals surface area contributed by atoms with Crippen molar-refractivity contribution in [3.63, 3.8) is 0 Å². The molecule has 0 spiro atoms. The maximum absolute atomic E-state index is 13.1. The lowest BCUT2D eigenvalue weighted by molar-refractivity contribution is -0.137. The molecule has 0 aliphatic heterocycles. The van der Waals surface area contributed by atoms with Crippen molar-refractivity contribution in [3.05, 3.63) is 80.2 Å². The Labute approximate surface area is 192 Å². The lowest BCUT2D eigenvalue weighted by atomic mass is 10.1. The predicted octanol–water partition coefficient (Wildman–Crippen LogP) is 4.37. The minimum atomic E-state index is -4.51. The van der Waals surface area contributed by atoms with E-state index in [1.807, 2.05) is 0 Å². The summed E-state index contributed by atoms with van der Waals surface area (Å²) in [7, 11) is 0. The molecule has 3 aromatic rings. The van der Waals surface area contributed by atoms with Crippen molar-refractivity contribution >= 4 is 23.2 Å². The van der Waals surface area contributed by atoms with Crippen LogP contribution in [0, 0.1) is 13.8 Å². The van der Waals surface area contributed by atoms with Gasteiger partial charge in [0.2, 0.25) is 5.91 Å². The molecule has 6 nitrogen and oxygen atoms in total. The zero-order valence-electron chi connectivity index (χ0n) is 17.8. The molecule has 0 fully saturated rings. The molecule has 2 aromatic carbocycles. The van der Waals surface area contributed by atoms with Gasteiger partial charge in [0.25, 0.3) is 5.56 Å². The fraction of sp³-hybridized carbons (Fsp3) is 0.261. The molecule has 0 radical (unpaired) electrons. The number of carbonyl (C=O) groups is 1. The van der Waals surface area contributed by atoms with Crippen LogP contribution in [0.3, 0.4) is 0 Å². The number of rotatable bonds is 6. The summed E-state index contributed by atoms with van der Waals surface area (Å²) in [6, 6.07) is 9.14. The summed E-state index contributed by atoms with van der Waals surface area (Å²) >= 11 is 5.99. The van der Waals surface area contributed by atoms with Crippen LogP contribution in [0.4, 0.5) is 18.9 Å². The van der Waals surface area contributed by atoms with E-state index in [4.69, 9.17) is 11.6 Å². The number of aromatic nitrogens is 2. The van der Waals surface area contributed by atoms with Crippen LogP contribution in [0.15, 0.2) is 47.3 Å². The Morgan fingerprint density at radius 1 is 1.15 bits per heavy atom. The number of benzene rings is 2. The third-order valence-corrected chi connectivity index (χ3v) is 5.31. The summed E-state index contributed by atoms with van der Waals surface area (Å²) in [4.78, 5) is 30.3. The van der Waals surface area contributed by atoms with Gasteiger partial charge < -0.3 is 10.4 Å². The molecular weight excluding hydrogens is 459 g/mol. The number of hydrogen-bond acceptors (Lipinski definition) is 4. The molecule has 0 saturated carbocycles. The standard InChI is InChI=1S/C23H21ClF3N3O3/c1-13-3-8-17(24)11-19(13)29-20(32)12-30-21(28-14(2)18(9-10-31)22(30)33)15-4-6-16(7-5-15)23(25,26)27/h3-8,11,31H,9-10,12H2,1-2H3,(H,29,32). The smallest absolute Gasteiger partial charge is 0.396 e. The summed E-state index contributed by atoms with van der Waals surface area (Å²) in [6.45, 7) is 2.61. The third kappa shape index (κ3) is 5.61. The van der Waals surface area contributed by atoms with Gasteiger partial charge in [-0.1, -0.05) is 29.8 Å². The first-order valence-corrected chi connectivity index (χ1v) is 10.3. The number of aliphatic hydroxyl groups excluding tert-OH is 1. The Hall–Kier alpha value is -3.17. The van der Waals surface area contributed by atoms with Gasteiger partial charge in [0.05, 0.1) is 5.56 Å². The van der Waals surface area contributed by atoms with Gasteiger partial charge in [-0.05, 0) is 43.7 Å². The highest BCUT2D eigenvalue weighted by Gasteiger charge is 2.30. The maximum Gasteiger partial charge on any atom is 0.416 e. The van der Waals surface area contributed by atoms with Crippen LogP contribution in [0.2, 0.25) is 5.02 Å². The first kappa shape index (κ1) is 24.5. The number of carbonyl (C=O) groups excluding carboxylic acids is 1. The zero-order chi connectivity index (χ0) is 24.3. The molecule has 3 rings (SSSR count). The molecule has 1 heterocycles. The summed E-state index contributed by atoms with van der Waals surface area (Å²) in [5.41, 5.74) is 0.613. The van der Waals surface area contributed by atoms with Crippen molar-refractivity contribution in [3.8, 4) is 11.4 Å². The van der Waals surface area contributed by atoms with E-state index in [0.717, 1.165) is 22.3 Å². The number of hydrogen-bond donors (Lipinski definition) is 2. The van der Waals surface area contributed by atoms with Gasteiger partial charge in [0.1, 0.15) is 12.4 Å². The number of halogens is 4. The SMILES string of the molecule is Cc1ccc(Cl)cc1NC(=O)Cn1c(-c2ccc(C(F)(F)F)cc2)nc(C)c(CCO)c1=O. The number of nitrogens with zero attached hydrogens (tertiary/aromatic N) is 2. The molecule has 0 unspecified atom stereocenters. The monoisotopic (exact) mass is 479 g/mol. The normalized spacial score (nSPS) is 11.5. The molecule has 0 saturated heterocycles. The first-order valence-electron chi connectivity index (χ1n) is 9.96. The van der Waals surface area contributed by atoms with Crippen LogP contribution >= 0.6 is 11.6 Å². The molecule has 0 atom stereocenters. The van der Waals surface area contributed by atoms with Crippen molar-refractivity contribution in [1.29, 1.82) is 0 Å². The quantitative estimate of drug-likeness (QED) is 0.550. The maximum atomic E-state index is 13.1. The Morgan fingerprint density at radius 3 is 2.42 bits per heavy atom. The van der Waals surface area contributed by atoms with Crippen LogP contribution in [0.1, 0.15) is 22.4 Å². The fourth-order valence-corrected chi connectivity index (χ4v) is 3.51. The molecule has 33 heavy (non-hydrogen) atoms. The summed E-state index contributed by atoms with van der Waals surface area (Å²) in [5, 5.41) is 12.4. The van der Waals surface area contributed by atoms with Gasteiger partial charge in [-0.3, -0.25) is 14.2 Å². The van der Waals surface area contributed by atoms with Crippen LogP contribution < -0.4 is 10.9 Å². The van der Waals surface area contributed by atoms with Crippen molar-refractivity contribution < 1.29 is 23.1 Å². The van der Waals surface area contributed by atoms with E-state index in [9.17, 15) is 27.9 Å². The summed E-state index contributed by atoms with van der Waals surface area (Å²) < 4.78 is 39.9. The van der Waals surface area contributed by atoms with Gasteiger partial charge in [0.15, 0.2) is 0 Å². The van der Waals surface area contributed by atoms with E-state index in [-0.39, 0.29) is 30.0 Å². The molecule has 10 heteroatoms. The average Bonchev–Trinajstić information content (AvgIpc) is 2.75. The molecule has 0 aliphatic carbocycles. The van der Waals surface area contributed by atoms with E-state index in [0.29, 0.717) is 16.4 Å². The number of aryl methyl sites for hydroxylation is 2. The van der Waals surface area contributed by atoms with E-state index >= 15 is 0 Å². The zero-order valence-corrected chi connectivity index (χ0v) is 18.6. The minimum Gasteiger partial charge on any atom is -0.396 e. The summed E-state index contributed by atoms with van der Waals surface area (Å²) in [6.07, 6.45) is -4.48. The van der Waals surface area contributed by atoms with E-state index in [2.05, 4.69) is 10.3 Å². The molecule has 1 aromatic heterocycles. The van der Waals surface area contributed by atoms with Gasteiger partial charge in [-0.25, -0.2) is 4.98 Å². The highest BCUT2D eigenvalue weighted by atomic mass is 35.5. The number of aliphatic hydroxyl groups is 1. The van der Waals surface area contributed by atoms with Crippen molar-refractivity contribution in [2.75, 3.05) is 11.9 Å². The number of alkyl halides is 3. The Balaban J connectivity index is 2.04. The Kier molecular flexibility index (Phi) is 7.24. The summed E-state index contributed by atoms with van der Waals surface area (Å²) in [5.74, 6) is -0.498. The minimum absolute atomic E-state index is 0.0278. The second-order valence-corrected chi connectivity index (χ2v) is 7.88. The number of nitrogens with one attached hydrogen (secondary N) is 1. The molecule has 0 aliphatic rings. The van der Waals surface area contributed by atoms with Crippen LogP contribution in [-0.4, -0.2) is 27.2 Å². The molecular formula is C23H21ClF3N3O3. The van der Waals surface area contributed by atoms with Crippen LogP contribution in [0.5, 0.6) is 0 Å². The highest BCUT2D eigenvalue weighted by Crippen LogP contribution is 2.30. The van der Waals surface area contributed by atoms with Crippen LogP contribution in [-0.2, 0) is 23.9 Å². The highest BCUT2D eigenvalue weighted by molar-refractivity contribution is 6.31. The largest absolute Gasteiger partial charge is 0.416 e. The molecule has 1 amide bonds. The Bertz CT molecular complexity index is 1240. The lowest BCUT2D eigenvalue weighted by Gasteiger charge is -2.17. The van der Waals surface area contributed by atoms with Crippen molar-refractivity contribution in [2.45, 2.75) is 33.0 Å². The first-order chi connectivity index (χ1) is 15.5. The van der Waals surface area contributed by atoms with Gasteiger partial charge >= 0.3 is 6.18 Å². The Morgan fingerprint density at radius 2 is 1.82 bits per heavy atom. The predicted molar refractivity (Wildman–Crippen MR) is 119 cm³/mol. The number of anilines is 1. The van der Waals surface area contributed by atoms with Crippen LogP contribution in [0.25, 0.3) is 11.4 Å². The van der Waals surface area contributed by atoms with Crippen molar-refractivity contribution in [2.24, 2.45) is 0 Å². The number of amides is 1. The van der Waals surface area contributed by atoms with Crippen molar-refractivity contribution in [1.82, 2.24) is 9.55 Å². The molecule has 0 bridgehead atoms. The topological polar surface area (TPSA) is 84.2 Å². The van der Waals surface area contributed by atoms with E-state index in [1.165, 1.54) is 12.1 Å². The molecule has 174 valence electrons.